The van der Waals surface area contributed by atoms with Crippen molar-refractivity contribution in [1.29, 1.82) is 0 Å². The van der Waals surface area contributed by atoms with Crippen LogP contribution in [-0.4, -0.2) is 47.9 Å². The number of hydrogen-bond acceptors (Lipinski definition) is 2. The first-order valence-corrected chi connectivity index (χ1v) is 7.93. The van der Waals surface area contributed by atoms with Crippen molar-refractivity contribution in [2.75, 3.05) is 26.2 Å². The highest BCUT2D eigenvalue weighted by Gasteiger charge is 2.20. The first-order chi connectivity index (χ1) is 9.97. The predicted molar refractivity (Wildman–Crippen MR) is 86.4 cm³/mol. The second kappa shape index (κ2) is 7.18. The van der Waals surface area contributed by atoms with Crippen LogP contribution in [0.1, 0.15) is 19.4 Å². The third-order valence-electron chi connectivity index (χ3n) is 3.72. The molecule has 1 aromatic carbocycles. The molecule has 0 aromatic heterocycles. The first-order valence-electron chi connectivity index (χ1n) is 7.13. The van der Waals surface area contributed by atoms with Crippen molar-refractivity contribution in [1.82, 2.24) is 9.80 Å². The summed E-state index contributed by atoms with van der Waals surface area (Å²) in [5, 5.41) is 0. The van der Waals surface area contributed by atoms with Gasteiger partial charge in [-0.25, -0.2) is 4.39 Å². The van der Waals surface area contributed by atoms with Gasteiger partial charge in [0.15, 0.2) is 0 Å². The van der Waals surface area contributed by atoms with E-state index in [-0.39, 0.29) is 11.7 Å². The minimum Gasteiger partial charge on any atom is -0.337 e. The molecular formula is C16H20BrFN2O. The Morgan fingerprint density at radius 1 is 1.29 bits per heavy atom. The van der Waals surface area contributed by atoms with Crippen molar-refractivity contribution >= 4 is 27.9 Å². The third kappa shape index (κ3) is 4.38. The largest absolute Gasteiger partial charge is 0.337 e. The predicted octanol–water partition coefficient (Wildman–Crippen LogP) is 3.15. The molecule has 3 nitrogen and oxygen atoms in total. The molecule has 2 rings (SSSR count). The quantitative estimate of drug-likeness (QED) is 0.778. The average molecular weight is 355 g/mol. The lowest BCUT2D eigenvalue weighted by Crippen LogP contribution is -2.50. The monoisotopic (exact) mass is 354 g/mol. The first kappa shape index (κ1) is 16.2. The Balaban J connectivity index is 1.96. The van der Waals surface area contributed by atoms with Gasteiger partial charge in [0, 0.05) is 48.3 Å². The van der Waals surface area contributed by atoms with E-state index in [0.29, 0.717) is 11.6 Å². The summed E-state index contributed by atoms with van der Waals surface area (Å²) >= 11 is 3.30. The van der Waals surface area contributed by atoms with Gasteiger partial charge >= 0.3 is 0 Å². The van der Waals surface area contributed by atoms with Gasteiger partial charge in [-0.2, -0.15) is 0 Å². The van der Waals surface area contributed by atoms with Gasteiger partial charge in [0.25, 0.3) is 0 Å². The molecule has 1 saturated heterocycles. The van der Waals surface area contributed by atoms with Crippen LogP contribution >= 0.6 is 15.9 Å². The topological polar surface area (TPSA) is 23.6 Å². The van der Waals surface area contributed by atoms with E-state index in [1.165, 1.54) is 18.2 Å². The molecule has 0 aliphatic carbocycles. The van der Waals surface area contributed by atoms with Gasteiger partial charge in [-0.05, 0) is 38.1 Å². The Kier molecular flexibility index (Phi) is 5.53. The van der Waals surface area contributed by atoms with Crippen LogP contribution in [0.25, 0.3) is 6.08 Å². The lowest BCUT2D eigenvalue weighted by Gasteiger charge is -2.36. The van der Waals surface area contributed by atoms with Crippen LogP contribution in [0.4, 0.5) is 4.39 Å². The smallest absolute Gasteiger partial charge is 0.246 e. The van der Waals surface area contributed by atoms with Crippen molar-refractivity contribution in [2.45, 2.75) is 19.9 Å². The highest BCUT2D eigenvalue weighted by Crippen LogP contribution is 2.17. The minimum absolute atomic E-state index is 0.0576. The number of carbonyl (C=O) groups excluding carboxylic acids is 1. The molecule has 0 atom stereocenters. The normalized spacial score (nSPS) is 16.9. The van der Waals surface area contributed by atoms with Crippen molar-refractivity contribution in [2.24, 2.45) is 0 Å². The third-order valence-corrected chi connectivity index (χ3v) is 4.21. The number of benzene rings is 1. The highest BCUT2D eigenvalue weighted by atomic mass is 79.9. The van der Waals surface area contributed by atoms with Crippen LogP contribution in [0.2, 0.25) is 0 Å². The van der Waals surface area contributed by atoms with Crippen LogP contribution in [-0.2, 0) is 4.79 Å². The molecule has 1 fully saturated rings. The number of carbonyl (C=O) groups is 1. The molecule has 21 heavy (non-hydrogen) atoms. The molecule has 1 heterocycles. The zero-order valence-electron chi connectivity index (χ0n) is 12.4. The molecule has 5 heteroatoms. The van der Waals surface area contributed by atoms with Crippen molar-refractivity contribution < 1.29 is 9.18 Å². The maximum atomic E-state index is 13.6. The Bertz CT molecular complexity index is 537. The van der Waals surface area contributed by atoms with E-state index in [4.69, 9.17) is 0 Å². The minimum atomic E-state index is -0.327. The van der Waals surface area contributed by atoms with Crippen molar-refractivity contribution in [3.63, 3.8) is 0 Å². The van der Waals surface area contributed by atoms with E-state index < -0.39 is 0 Å². The number of nitrogens with zero attached hydrogens (tertiary/aromatic N) is 2. The van der Waals surface area contributed by atoms with Gasteiger partial charge in [0.2, 0.25) is 5.91 Å². The van der Waals surface area contributed by atoms with Crippen LogP contribution in [0.3, 0.4) is 0 Å². The number of piperazine rings is 1. The van der Waals surface area contributed by atoms with Crippen LogP contribution in [0.5, 0.6) is 0 Å². The standard InChI is InChI=1S/C16H20BrFN2O/c1-12(2)19-7-9-20(10-8-19)16(21)6-3-13-11-14(17)4-5-15(13)18/h3-6,11-12H,7-10H2,1-2H3/b6-3+. The zero-order valence-corrected chi connectivity index (χ0v) is 13.9. The highest BCUT2D eigenvalue weighted by molar-refractivity contribution is 9.10. The van der Waals surface area contributed by atoms with Crippen LogP contribution in [0, 0.1) is 5.82 Å². The maximum absolute atomic E-state index is 13.6. The summed E-state index contributed by atoms with van der Waals surface area (Å²) < 4.78 is 14.4. The summed E-state index contributed by atoms with van der Waals surface area (Å²) in [5.41, 5.74) is 0.415. The molecule has 1 aromatic rings. The summed E-state index contributed by atoms with van der Waals surface area (Å²) in [5.74, 6) is -0.385. The lowest BCUT2D eigenvalue weighted by molar-refractivity contribution is -0.127. The lowest BCUT2D eigenvalue weighted by atomic mass is 10.2. The Hall–Kier alpha value is -1.20. The van der Waals surface area contributed by atoms with E-state index >= 15 is 0 Å². The summed E-state index contributed by atoms with van der Waals surface area (Å²) in [6.07, 6.45) is 2.99. The summed E-state index contributed by atoms with van der Waals surface area (Å²) in [4.78, 5) is 16.3. The Morgan fingerprint density at radius 3 is 2.57 bits per heavy atom. The summed E-state index contributed by atoms with van der Waals surface area (Å²) in [6.45, 7) is 7.55. The second-order valence-electron chi connectivity index (χ2n) is 5.45. The number of amides is 1. The fourth-order valence-corrected chi connectivity index (χ4v) is 2.75. The fraction of sp³-hybridized carbons (Fsp3) is 0.438. The van der Waals surface area contributed by atoms with Crippen LogP contribution in [0.15, 0.2) is 28.7 Å². The summed E-state index contributed by atoms with van der Waals surface area (Å²) in [7, 11) is 0. The maximum Gasteiger partial charge on any atom is 0.246 e. The molecule has 0 bridgehead atoms. The van der Waals surface area contributed by atoms with Crippen molar-refractivity contribution in [3.8, 4) is 0 Å². The molecule has 114 valence electrons. The number of hydrogen-bond donors (Lipinski definition) is 0. The number of rotatable bonds is 3. The molecule has 1 aliphatic heterocycles. The average Bonchev–Trinajstić information content (AvgIpc) is 2.48. The van der Waals surface area contributed by atoms with Gasteiger partial charge in [0.1, 0.15) is 5.82 Å². The molecule has 1 amide bonds. The van der Waals surface area contributed by atoms with E-state index in [1.54, 1.807) is 12.1 Å². The molecule has 0 N–H and O–H groups in total. The van der Waals surface area contributed by atoms with Gasteiger partial charge in [-0.15, -0.1) is 0 Å². The molecule has 1 aliphatic rings. The van der Waals surface area contributed by atoms with E-state index in [9.17, 15) is 9.18 Å². The van der Waals surface area contributed by atoms with E-state index in [2.05, 4.69) is 34.7 Å². The van der Waals surface area contributed by atoms with Gasteiger partial charge in [-0.1, -0.05) is 15.9 Å². The molecule has 0 spiro atoms. The van der Waals surface area contributed by atoms with Gasteiger partial charge < -0.3 is 4.90 Å². The molecule has 0 radical (unpaired) electrons. The SMILES string of the molecule is CC(C)N1CCN(C(=O)/C=C/c2cc(Br)ccc2F)CC1. The summed E-state index contributed by atoms with van der Waals surface area (Å²) in [6, 6.07) is 5.19. The zero-order chi connectivity index (χ0) is 15.4. The molecule has 0 unspecified atom stereocenters. The van der Waals surface area contributed by atoms with Gasteiger partial charge in [0.05, 0.1) is 0 Å². The molecular weight excluding hydrogens is 335 g/mol. The Morgan fingerprint density at radius 2 is 1.95 bits per heavy atom. The molecule has 0 saturated carbocycles. The van der Waals surface area contributed by atoms with Crippen molar-refractivity contribution in [3.05, 3.63) is 40.1 Å². The number of halogens is 2. The van der Waals surface area contributed by atoms with E-state index in [0.717, 1.165) is 30.7 Å². The van der Waals surface area contributed by atoms with E-state index in [1.807, 2.05) is 4.90 Å². The second-order valence-corrected chi connectivity index (χ2v) is 6.37. The van der Waals surface area contributed by atoms with Crippen LogP contribution < -0.4 is 0 Å². The fourth-order valence-electron chi connectivity index (χ4n) is 2.37. The Labute approximate surface area is 133 Å². The van der Waals surface area contributed by atoms with Gasteiger partial charge in [-0.3, -0.25) is 9.69 Å².